The quantitative estimate of drug-likeness (QED) is 0.839. The molecule has 2 aliphatic rings. The van der Waals surface area contributed by atoms with Crippen molar-refractivity contribution in [3.63, 3.8) is 0 Å². The predicted molar refractivity (Wildman–Crippen MR) is 114 cm³/mol. The average Bonchev–Trinajstić information content (AvgIpc) is 3.16. The van der Waals surface area contributed by atoms with Crippen molar-refractivity contribution in [1.29, 1.82) is 0 Å². The van der Waals surface area contributed by atoms with Crippen molar-refractivity contribution in [2.75, 3.05) is 37.6 Å². The number of hydrogen-bond acceptors (Lipinski definition) is 2. The zero-order valence-electron chi connectivity index (χ0n) is 17.1. The number of nitrogens with zero attached hydrogens (tertiary/aromatic N) is 2. The van der Waals surface area contributed by atoms with Gasteiger partial charge in [0.25, 0.3) is 0 Å². The van der Waals surface area contributed by atoms with Crippen LogP contribution in [0.15, 0.2) is 54.6 Å². The van der Waals surface area contributed by atoms with Gasteiger partial charge >= 0.3 is 0 Å². The molecule has 1 N–H and O–H groups in total. The summed E-state index contributed by atoms with van der Waals surface area (Å²) >= 11 is 0. The summed E-state index contributed by atoms with van der Waals surface area (Å²) in [5.74, 6) is -0.0187. The van der Waals surface area contributed by atoms with E-state index in [2.05, 4.69) is 43.3 Å². The number of amides is 2. The van der Waals surface area contributed by atoms with E-state index >= 15 is 0 Å². The lowest BCUT2D eigenvalue weighted by atomic mass is 10.1. The van der Waals surface area contributed by atoms with E-state index in [1.807, 2.05) is 23.1 Å². The number of carbonyl (C=O) groups excluding carboxylic acids is 2. The van der Waals surface area contributed by atoms with Gasteiger partial charge in [-0.15, -0.1) is 0 Å². The minimum Gasteiger partial charge on any atom is -0.331 e. The summed E-state index contributed by atoms with van der Waals surface area (Å²) in [4.78, 5) is 30.8. The van der Waals surface area contributed by atoms with Crippen molar-refractivity contribution >= 4 is 17.5 Å². The van der Waals surface area contributed by atoms with Crippen LogP contribution >= 0.6 is 0 Å². The van der Waals surface area contributed by atoms with Gasteiger partial charge in [0.1, 0.15) is 6.54 Å². The molecule has 2 aromatic carbocycles. The van der Waals surface area contributed by atoms with E-state index in [-0.39, 0.29) is 17.7 Å². The Bertz CT molecular complexity index is 842. The van der Waals surface area contributed by atoms with Gasteiger partial charge in [-0.2, -0.15) is 0 Å². The highest BCUT2D eigenvalue weighted by Crippen LogP contribution is 2.26. The Morgan fingerprint density at radius 1 is 1.00 bits per heavy atom. The van der Waals surface area contributed by atoms with Gasteiger partial charge in [-0.1, -0.05) is 49.4 Å². The zero-order chi connectivity index (χ0) is 20.2. The van der Waals surface area contributed by atoms with Crippen molar-refractivity contribution in [1.82, 2.24) is 4.90 Å². The van der Waals surface area contributed by atoms with E-state index in [1.54, 1.807) is 4.90 Å². The Hall–Kier alpha value is -2.66. The van der Waals surface area contributed by atoms with E-state index in [9.17, 15) is 9.59 Å². The summed E-state index contributed by atoms with van der Waals surface area (Å²) in [5, 5.41) is 0. The third-order valence-corrected chi connectivity index (χ3v) is 6.21. The molecule has 0 radical (unpaired) electrons. The second-order valence-corrected chi connectivity index (χ2v) is 8.16. The fraction of sp³-hybridized carbons (Fsp3) is 0.417. The first-order valence-electron chi connectivity index (χ1n) is 10.7. The topological polar surface area (TPSA) is 45.1 Å². The van der Waals surface area contributed by atoms with Crippen LogP contribution in [0.5, 0.6) is 0 Å². The summed E-state index contributed by atoms with van der Waals surface area (Å²) < 4.78 is 0. The highest BCUT2D eigenvalue weighted by molar-refractivity contribution is 6.00. The molecule has 29 heavy (non-hydrogen) atoms. The monoisotopic (exact) mass is 392 g/mol. The summed E-state index contributed by atoms with van der Waals surface area (Å²) in [6, 6.07) is 18.6. The molecule has 4 rings (SSSR count). The minimum absolute atomic E-state index is 0.0564. The summed E-state index contributed by atoms with van der Waals surface area (Å²) in [7, 11) is 0. The summed E-state index contributed by atoms with van der Waals surface area (Å²) in [6.45, 7) is 7.10. The van der Waals surface area contributed by atoms with Crippen LogP contribution in [0.1, 0.15) is 24.5 Å². The normalized spacial score (nSPS) is 20.3. The number of hydrogen-bond donors (Lipinski definition) is 1. The molecule has 2 aliphatic heterocycles. The molecule has 0 bridgehead atoms. The molecule has 5 nitrogen and oxygen atoms in total. The number of aryl methyl sites for hydroxylation is 1. The second-order valence-electron chi connectivity index (χ2n) is 8.16. The van der Waals surface area contributed by atoms with E-state index in [4.69, 9.17) is 0 Å². The fourth-order valence-corrected chi connectivity index (χ4v) is 4.40. The molecule has 1 atom stereocenters. The molecule has 0 unspecified atom stereocenters. The third-order valence-electron chi connectivity index (χ3n) is 6.21. The van der Waals surface area contributed by atoms with Crippen LogP contribution in [0, 0.1) is 5.92 Å². The van der Waals surface area contributed by atoms with Gasteiger partial charge in [-0.3, -0.25) is 9.59 Å². The maximum Gasteiger partial charge on any atom is 0.228 e. The predicted octanol–water partition coefficient (Wildman–Crippen LogP) is 1.53. The largest absolute Gasteiger partial charge is 0.331 e. The Kier molecular flexibility index (Phi) is 5.95. The van der Waals surface area contributed by atoms with E-state index in [0.717, 1.165) is 44.8 Å². The van der Waals surface area contributed by atoms with Crippen LogP contribution in [0.4, 0.5) is 5.69 Å². The van der Waals surface area contributed by atoms with Gasteiger partial charge in [0, 0.05) is 24.2 Å². The number of carbonyl (C=O) groups is 2. The van der Waals surface area contributed by atoms with Gasteiger partial charge in [0.05, 0.1) is 32.1 Å². The first-order valence-corrected chi connectivity index (χ1v) is 10.7. The van der Waals surface area contributed by atoms with E-state index < -0.39 is 0 Å². The maximum absolute atomic E-state index is 13.0. The summed E-state index contributed by atoms with van der Waals surface area (Å²) in [5.41, 5.74) is 3.50. The Morgan fingerprint density at radius 2 is 1.69 bits per heavy atom. The van der Waals surface area contributed by atoms with Crippen molar-refractivity contribution < 1.29 is 14.5 Å². The molecule has 0 aromatic heterocycles. The fourth-order valence-electron chi connectivity index (χ4n) is 4.40. The van der Waals surface area contributed by atoms with Gasteiger partial charge in [0.15, 0.2) is 0 Å². The van der Waals surface area contributed by atoms with Gasteiger partial charge < -0.3 is 14.7 Å². The minimum atomic E-state index is -0.218. The van der Waals surface area contributed by atoms with Crippen LogP contribution in [0.2, 0.25) is 0 Å². The molecule has 0 saturated carbocycles. The standard InChI is InChI=1S/C24H29N3O2/c1-2-19-8-10-22(11-9-19)27-18-21(16-23(27)28)24(29)26-14-12-25(13-15-26)17-20-6-4-3-5-7-20/h3-11,21H,2,12-18H2,1H3/p+1/t21-/m1/s1. The Balaban J connectivity index is 1.31. The van der Waals surface area contributed by atoms with Crippen molar-refractivity contribution in [3.8, 4) is 0 Å². The molecular formula is C24H30N3O2+. The van der Waals surface area contributed by atoms with Crippen LogP contribution in [-0.4, -0.2) is 49.4 Å². The number of nitrogens with one attached hydrogen (secondary N) is 1. The van der Waals surface area contributed by atoms with Crippen LogP contribution in [-0.2, 0) is 22.6 Å². The third kappa shape index (κ3) is 4.51. The van der Waals surface area contributed by atoms with Crippen LogP contribution in [0.3, 0.4) is 0 Å². The number of benzene rings is 2. The molecule has 2 aromatic rings. The molecule has 2 amide bonds. The van der Waals surface area contributed by atoms with E-state index in [1.165, 1.54) is 16.0 Å². The lowest BCUT2D eigenvalue weighted by Crippen LogP contribution is -3.13. The molecule has 2 fully saturated rings. The molecule has 2 heterocycles. The lowest BCUT2D eigenvalue weighted by Gasteiger charge is -2.33. The SMILES string of the molecule is CCc1ccc(N2C[C@H](C(=O)N3CC[NH+](Cc4ccccc4)CC3)CC2=O)cc1. The van der Waals surface area contributed by atoms with Crippen molar-refractivity contribution in [3.05, 3.63) is 65.7 Å². The van der Waals surface area contributed by atoms with Crippen LogP contribution in [0.25, 0.3) is 0 Å². The van der Waals surface area contributed by atoms with Crippen molar-refractivity contribution in [2.45, 2.75) is 26.3 Å². The summed E-state index contributed by atoms with van der Waals surface area (Å²) in [6.07, 6.45) is 1.30. The van der Waals surface area contributed by atoms with Gasteiger partial charge in [-0.05, 0) is 24.1 Å². The number of piperazine rings is 1. The zero-order valence-corrected chi connectivity index (χ0v) is 17.1. The number of quaternary nitrogens is 1. The highest BCUT2D eigenvalue weighted by Gasteiger charge is 2.38. The molecule has 2 saturated heterocycles. The smallest absolute Gasteiger partial charge is 0.228 e. The Morgan fingerprint density at radius 3 is 2.34 bits per heavy atom. The van der Waals surface area contributed by atoms with E-state index in [0.29, 0.717) is 13.0 Å². The average molecular weight is 393 g/mol. The number of anilines is 1. The molecular weight excluding hydrogens is 362 g/mol. The molecule has 0 aliphatic carbocycles. The number of rotatable bonds is 5. The highest BCUT2D eigenvalue weighted by atomic mass is 16.2. The first-order chi connectivity index (χ1) is 14.1. The maximum atomic E-state index is 13.0. The second kappa shape index (κ2) is 8.78. The lowest BCUT2D eigenvalue weighted by molar-refractivity contribution is -0.917. The van der Waals surface area contributed by atoms with Gasteiger partial charge in [-0.25, -0.2) is 0 Å². The molecule has 5 heteroatoms. The van der Waals surface area contributed by atoms with Gasteiger partial charge in [0.2, 0.25) is 11.8 Å². The molecule has 0 spiro atoms. The van der Waals surface area contributed by atoms with Crippen LogP contribution < -0.4 is 9.80 Å². The Labute approximate surface area is 172 Å². The molecule has 152 valence electrons. The van der Waals surface area contributed by atoms with Crippen molar-refractivity contribution in [2.24, 2.45) is 5.92 Å². The first kappa shape index (κ1) is 19.6.